The third-order valence-electron chi connectivity index (χ3n) is 7.43. The van der Waals surface area contributed by atoms with Gasteiger partial charge in [0.1, 0.15) is 12.6 Å². The van der Waals surface area contributed by atoms with E-state index in [0.29, 0.717) is 0 Å². The van der Waals surface area contributed by atoms with E-state index in [2.05, 4.69) is 21.2 Å². The summed E-state index contributed by atoms with van der Waals surface area (Å²) in [5, 5.41) is 3.43. The maximum absolute atomic E-state index is 14.3. The van der Waals surface area contributed by atoms with Crippen LogP contribution in [-0.2, 0) is 32.6 Å². The lowest BCUT2D eigenvalue weighted by Gasteiger charge is -2.35. The number of carbonyl (C=O) groups excluding carboxylic acids is 2. The molecule has 7 nitrogen and oxygen atoms in total. The minimum absolute atomic E-state index is 0.0155. The normalized spacial score (nSPS) is 14.6. The molecule has 2 amide bonds. The summed E-state index contributed by atoms with van der Waals surface area (Å²) in [6, 6.07) is 18.6. The van der Waals surface area contributed by atoms with Gasteiger partial charge in [0.2, 0.25) is 21.8 Å². The maximum Gasteiger partial charge on any atom is 0.244 e. The highest BCUT2D eigenvalue weighted by Crippen LogP contribution is 2.36. The molecule has 0 heterocycles. The van der Waals surface area contributed by atoms with E-state index in [9.17, 15) is 18.0 Å². The molecule has 0 bridgehead atoms. The van der Waals surface area contributed by atoms with Gasteiger partial charge in [-0.05, 0) is 48.2 Å². The second-order valence-corrected chi connectivity index (χ2v) is 14.7. The number of nitrogens with one attached hydrogen (secondary N) is 1. The Bertz CT molecular complexity index is 1540. The Balaban J connectivity index is 1.74. The van der Waals surface area contributed by atoms with Gasteiger partial charge in [-0.15, -0.1) is 0 Å². The largest absolute Gasteiger partial charge is 0.352 e. The molecule has 230 valence electrons. The van der Waals surface area contributed by atoms with Gasteiger partial charge in [-0.3, -0.25) is 13.9 Å². The van der Waals surface area contributed by atoms with Gasteiger partial charge in [-0.1, -0.05) is 112 Å². The fraction of sp³-hybridized carbons (Fsp3) is 0.355. The van der Waals surface area contributed by atoms with Crippen LogP contribution in [0.4, 0.5) is 5.69 Å². The van der Waals surface area contributed by atoms with Crippen molar-refractivity contribution in [3.8, 4) is 0 Å². The molecule has 1 N–H and O–H groups in total. The van der Waals surface area contributed by atoms with Crippen LogP contribution in [0.25, 0.3) is 0 Å². The van der Waals surface area contributed by atoms with Crippen LogP contribution in [0.2, 0.25) is 15.1 Å². The molecule has 0 aliphatic heterocycles. The maximum atomic E-state index is 14.3. The van der Waals surface area contributed by atoms with Crippen LogP contribution in [-0.4, -0.2) is 50.0 Å². The highest BCUT2D eigenvalue weighted by Gasteiger charge is 2.34. The first-order valence-corrected chi connectivity index (χ1v) is 17.7. The molecule has 0 radical (unpaired) electrons. The van der Waals surface area contributed by atoms with Gasteiger partial charge in [-0.2, -0.15) is 0 Å². The highest BCUT2D eigenvalue weighted by molar-refractivity contribution is 9.10. The summed E-state index contributed by atoms with van der Waals surface area (Å²) in [4.78, 5) is 29.7. The first-order chi connectivity index (χ1) is 20.4. The molecule has 1 atom stereocenters. The molecule has 0 aromatic heterocycles. The van der Waals surface area contributed by atoms with E-state index in [1.54, 1.807) is 0 Å². The first kappa shape index (κ1) is 33.6. The van der Waals surface area contributed by atoms with Crippen LogP contribution in [0.3, 0.4) is 0 Å². The Morgan fingerprint density at radius 1 is 0.907 bits per heavy atom. The molecule has 0 spiro atoms. The lowest BCUT2D eigenvalue weighted by atomic mass is 9.94. The average molecular weight is 730 g/mol. The fourth-order valence-corrected chi connectivity index (χ4v) is 6.99. The van der Waals surface area contributed by atoms with Crippen molar-refractivity contribution in [1.82, 2.24) is 10.2 Å². The van der Waals surface area contributed by atoms with E-state index >= 15 is 0 Å². The van der Waals surface area contributed by atoms with Gasteiger partial charge >= 0.3 is 0 Å². The van der Waals surface area contributed by atoms with Crippen LogP contribution in [0.15, 0.2) is 71.2 Å². The van der Waals surface area contributed by atoms with Crippen LogP contribution < -0.4 is 9.62 Å². The number of nitrogens with zero attached hydrogens (tertiary/aromatic N) is 2. The number of anilines is 1. The summed E-state index contributed by atoms with van der Waals surface area (Å²) in [7, 11) is -4.01. The zero-order valence-electron chi connectivity index (χ0n) is 23.6. The second kappa shape index (κ2) is 15.1. The zero-order valence-corrected chi connectivity index (χ0v) is 28.3. The van der Waals surface area contributed by atoms with E-state index in [-0.39, 0.29) is 45.7 Å². The number of hydrogen-bond acceptors (Lipinski definition) is 4. The smallest absolute Gasteiger partial charge is 0.244 e. The van der Waals surface area contributed by atoms with E-state index in [0.717, 1.165) is 58.3 Å². The van der Waals surface area contributed by atoms with Crippen molar-refractivity contribution in [2.75, 3.05) is 17.1 Å². The number of carbonyl (C=O) groups is 2. The number of amides is 2. The lowest BCUT2D eigenvalue weighted by Crippen LogP contribution is -2.55. The van der Waals surface area contributed by atoms with Crippen LogP contribution in [0.1, 0.15) is 43.2 Å². The molecule has 1 aliphatic rings. The lowest BCUT2D eigenvalue weighted by molar-refractivity contribution is -0.140. The molecule has 43 heavy (non-hydrogen) atoms. The number of halogens is 4. The van der Waals surface area contributed by atoms with Crippen molar-refractivity contribution in [1.29, 1.82) is 0 Å². The predicted octanol–water partition coefficient (Wildman–Crippen LogP) is 7.26. The molecule has 12 heteroatoms. The van der Waals surface area contributed by atoms with Crippen molar-refractivity contribution < 1.29 is 18.0 Å². The third kappa shape index (κ3) is 9.35. The molecule has 0 saturated heterocycles. The van der Waals surface area contributed by atoms with Crippen molar-refractivity contribution in [3.05, 3.63) is 97.4 Å². The minimum atomic E-state index is -4.01. The molecule has 1 fully saturated rings. The Labute approximate surface area is 276 Å². The summed E-state index contributed by atoms with van der Waals surface area (Å²) in [6.45, 7) is -0.524. The SMILES string of the molecule is CS(=O)(=O)N(CC(=O)N(Cc1ccc(Br)cc1)[C@@H](Cc1ccccc1)C(=O)NC1CCCCC1)c1cc(Cl)c(Cl)cc1Cl. The van der Waals surface area contributed by atoms with Crippen LogP contribution >= 0.6 is 50.7 Å². The Hall–Kier alpha value is -2.30. The quantitative estimate of drug-likeness (QED) is 0.211. The van der Waals surface area contributed by atoms with Crippen molar-refractivity contribution in [3.63, 3.8) is 0 Å². The highest BCUT2D eigenvalue weighted by atomic mass is 79.9. The predicted molar refractivity (Wildman–Crippen MR) is 177 cm³/mol. The van der Waals surface area contributed by atoms with Crippen molar-refractivity contribution in [2.24, 2.45) is 0 Å². The molecule has 3 aromatic carbocycles. The van der Waals surface area contributed by atoms with E-state index in [4.69, 9.17) is 34.8 Å². The zero-order chi connectivity index (χ0) is 31.1. The molecule has 4 rings (SSSR count). The molecule has 0 unspecified atom stereocenters. The standard InChI is InChI=1S/C31H33BrCl3N3O4S/c1-43(41,42)38(28-18-26(34)25(33)17-27(28)35)20-30(39)37(19-22-12-14-23(32)15-13-22)29(16-21-8-4-2-5-9-21)31(40)36-24-10-6-3-7-11-24/h2,4-5,8-9,12-15,17-18,24,29H,3,6-7,10-11,16,19-20H2,1H3,(H,36,40)/t29-/m0/s1. The van der Waals surface area contributed by atoms with Gasteiger partial charge in [0.05, 0.1) is 27.0 Å². The van der Waals surface area contributed by atoms with Crippen LogP contribution in [0.5, 0.6) is 0 Å². The van der Waals surface area contributed by atoms with Crippen LogP contribution in [0, 0.1) is 0 Å². The van der Waals surface area contributed by atoms with Crippen molar-refractivity contribution in [2.45, 2.75) is 57.2 Å². The van der Waals surface area contributed by atoms with Gasteiger partial charge in [0.15, 0.2) is 0 Å². The summed E-state index contributed by atoms with van der Waals surface area (Å²) >= 11 is 22.1. The van der Waals surface area contributed by atoms with Crippen molar-refractivity contribution >= 4 is 78.3 Å². The Kier molecular flexibility index (Phi) is 11.8. The minimum Gasteiger partial charge on any atom is -0.352 e. The molecule has 1 saturated carbocycles. The van der Waals surface area contributed by atoms with Gasteiger partial charge in [0.25, 0.3) is 0 Å². The summed E-state index contributed by atoms with van der Waals surface area (Å²) in [5.41, 5.74) is 1.66. The number of sulfonamides is 1. The number of benzene rings is 3. The summed E-state index contributed by atoms with van der Waals surface area (Å²) in [6.07, 6.45) is 6.17. The van der Waals surface area contributed by atoms with E-state index in [1.807, 2.05) is 54.6 Å². The summed E-state index contributed by atoms with van der Waals surface area (Å²) in [5.74, 6) is -0.852. The molecule has 1 aliphatic carbocycles. The second-order valence-electron chi connectivity index (χ2n) is 10.7. The Morgan fingerprint density at radius 3 is 2.16 bits per heavy atom. The summed E-state index contributed by atoms with van der Waals surface area (Å²) < 4.78 is 27.8. The Morgan fingerprint density at radius 2 is 1.53 bits per heavy atom. The molecular weight excluding hydrogens is 697 g/mol. The van der Waals surface area contributed by atoms with Gasteiger partial charge in [0, 0.05) is 23.5 Å². The van der Waals surface area contributed by atoms with Gasteiger partial charge < -0.3 is 10.2 Å². The van der Waals surface area contributed by atoms with E-state index < -0.39 is 28.5 Å². The first-order valence-electron chi connectivity index (χ1n) is 13.9. The third-order valence-corrected chi connectivity index (χ3v) is 10.1. The van der Waals surface area contributed by atoms with E-state index in [1.165, 1.54) is 17.0 Å². The molecular formula is C31H33BrCl3N3O4S. The molecule has 3 aromatic rings. The fourth-order valence-electron chi connectivity index (χ4n) is 5.18. The van der Waals surface area contributed by atoms with Gasteiger partial charge in [-0.25, -0.2) is 8.42 Å². The number of hydrogen-bond donors (Lipinski definition) is 1. The topological polar surface area (TPSA) is 86.8 Å². The average Bonchev–Trinajstić information content (AvgIpc) is 2.97. The monoisotopic (exact) mass is 727 g/mol. The number of rotatable bonds is 11.